The van der Waals surface area contributed by atoms with Gasteiger partial charge in [-0.3, -0.25) is 4.79 Å². The van der Waals surface area contributed by atoms with Gasteiger partial charge in [-0.05, 0) is 13.8 Å². The Labute approximate surface area is 88.9 Å². The summed E-state index contributed by atoms with van der Waals surface area (Å²) in [6.07, 6.45) is -6.57. The van der Waals surface area contributed by atoms with Gasteiger partial charge in [-0.2, -0.15) is 22.0 Å². The number of hydrogen-bond acceptors (Lipinski definition) is 2. The van der Waals surface area contributed by atoms with Gasteiger partial charge in [-0.15, -0.1) is 0 Å². The Morgan fingerprint density at radius 2 is 1.62 bits per heavy atom. The highest BCUT2D eigenvalue weighted by molar-refractivity contribution is 5.84. The fourth-order valence-electron chi connectivity index (χ4n) is 0.748. The molecule has 2 unspecified atom stereocenters. The Bertz CT molecular complexity index is 253. The Balaban J connectivity index is 4.59. The van der Waals surface area contributed by atoms with Crippen LogP contribution in [0.4, 0.5) is 22.0 Å². The first-order valence-electron chi connectivity index (χ1n) is 4.32. The predicted molar refractivity (Wildman–Crippen MR) is 45.1 cm³/mol. The summed E-state index contributed by atoms with van der Waals surface area (Å²) in [5, 5.41) is 1.54. The van der Waals surface area contributed by atoms with Crippen LogP contribution in [-0.4, -0.2) is 37.3 Å². The molecule has 16 heavy (non-hydrogen) atoms. The van der Waals surface area contributed by atoms with Gasteiger partial charge in [0.15, 0.2) is 0 Å². The lowest BCUT2D eigenvalue weighted by molar-refractivity contribution is -0.270. The van der Waals surface area contributed by atoms with E-state index in [1.165, 1.54) is 21.0 Å². The molecule has 0 spiro atoms. The fourth-order valence-corrected chi connectivity index (χ4v) is 0.748. The average Bonchev–Trinajstić information content (AvgIpc) is 2.14. The highest BCUT2D eigenvalue weighted by Crippen LogP contribution is 2.35. The second kappa shape index (κ2) is 4.94. The van der Waals surface area contributed by atoms with Crippen LogP contribution in [0.5, 0.6) is 0 Å². The molecular formula is C8H12F5NO2. The molecule has 0 saturated heterocycles. The van der Waals surface area contributed by atoms with Crippen LogP contribution in [0.2, 0.25) is 0 Å². The summed E-state index contributed by atoms with van der Waals surface area (Å²) in [6, 6.07) is -0.953. The molecule has 0 fully saturated rings. The van der Waals surface area contributed by atoms with Crippen molar-refractivity contribution in [1.82, 2.24) is 5.32 Å². The molecule has 0 bridgehead atoms. The molecule has 0 aliphatic rings. The van der Waals surface area contributed by atoms with Crippen molar-refractivity contribution in [2.75, 3.05) is 7.11 Å². The molecule has 1 N–H and O–H groups in total. The Morgan fingerprint density at radius 3 is 1.94 bits per heavy atom. The van der Waals surface area contributed by atoms with E-state index in [1.807, 2.05) is 0 Å². The maximum atomic E-state index is 12.5. The molecule has 0 aromatic rings. The first-order chi connectivity index (χ1) is 7.04. The minimum Gasteiger partial charge on any atom is -0.380 e. The number of methoxy groups -OCH3 is 1. The van der Waals surface area contributed by atoms with E-state index in [0.717, 1.165) is 0 Å². The Kier molecular flexibility index (Phi) is 4.66. The van der Waals surface area contributed by atoms with Gasteiger partial charge in [-0.25, -0.2) is 0 Å². The topological polar surface area (TPSA) is 38.3 Å². The van der Waals surface area contributed by atoms with Crippen LogP contribution < -0.4 is 5.32 Å². The number of carbonyl (C=O) groups is 1. The van der Waals surface area contributed by atoms with Crippen LogP contribution in [0.1, 0.15) is 13.8 Å². The average molecular weight is 249 g/mol. The number of ether oxygens (including phenoxy) is 1. The smallest absolute Gasteiger partial charge is 0.380 e. The minimum atomic E-state index is -5.90. The molecule has 0 aromatic heterocycles. The van der Waals surface area contributed by atoms with Crippen molar-refractivity contribution in [3.63, 3.8) is 0 Å². The van der Waals surface area contributed by atoms with Crippen LogP contribution in [0.3, 0.4) is 0 Å². The van der Waals surface area contributed by atoms with Gasteiger partial charge in [0.05, 0.1) is 12.1 Å². The summed E-state index contributed by atoms with van der Waals surface area (Å²) in [4.78, 5) is 10.7. The van der Waals surface area contributed by atoms with E-state index in [0.29, 0.717) is 0 Å². The van der Waals surface area contributed by atoms with Gasteiger partial charge in [0.2, 0.25) is 0 Å². The molecule has 0 rings (SSSR count). The molecule has 0 radical (unpaired) electrons. The summed E-state index contributed by atoms with van der Waals surface area (Å²) in [5.41, 5.74) is 0. The van der Waals surface area contributed by atoms with E-state index < -0.39 is 30.2 Å². The van der Waals surface area contributed by atoms with Gasteiger partial charge >= 0.3 is 18.0 Å². The summed E-state index contributed by atoms with van der Waals surface area (Å²) in [6.45, 7) is 2.69. The van der Waals surface area contributed by atoms with Crippen LogP contribution in [-0.2, 0) is 9.53 Å². The number of rotatable bonds is 4. The van der Waals surface area contributed by atoms with E-state index in [9.17, 15) is 26.7 Å². The molecule has 96 valence electrons. The van der Waals surface area contributed by atoms with Crippen molar-refractivity contribution in [1.29, 1.82) is 0 Å². The Morgan fingerprint density at radius 1 is 1.19 bits per heavy atom. The van der Waals surface area contributed by atoms with E-state index in [-0.39, 0.29) is 0 Å². The normalized spacial score (nSPS) is 16.8. The monoisotopic (exact) mass is 249 g/mol. The molecule has 1 amide bonds. The van der Waals surface area contributed by atoms with Gasteiger partial charge in [0, 0.05) is 7.11 Å². The zero-order chi connectivity index (χ0) is 13.1. The molecule has 2 atom stereocenters. The highest BCUT2D eigenvalue weighted by Gasteiger charge is 2.63. The van der Waals surface area contributed by atoms with Crippen molar-refractivity contribution < 1.29 is 31.5 Å². The number of alkyl halides is 5. The quantitative estimate of drug-likeness (QED) is 0.770. The number of hydrogen-bond donors (Lipinski definition) is 1. The summed E-state index contributed by atoms with van der Waals surface area (Å²) in [7, 11) is 1.25. The zero-order valence-electron chi connectivity index (χ0n) is 8.86. The molecule has 3 nitrogen and oxygen atoms in total. The minimum absolute atomic E-state index is 0.673. The second-order valence-electron chi connectivity index (χ2n) is 3.28. The van der Waals surface area contributed by atoms with Crippen LogP contribution in [0.15, 0.2) is 0 Å². The largest absolute Gasteiger partial charge is 0.463 e. The fraction of sp³-hybridized carbons (Fsp3) is 0.875. The standard InChI is InChI=1S/C8H12F5NO2/c1-4(5(2)16-3)14-6(15)7(9,10)8(11,12)13/h4-5H,1-3H3,(H,14,15). The lowest BCUT2D eigenvalue weighted by Gasteiger charge is -2.24. The molecule has 0 aliphatic heterocycles. The molecule has 0 aromatic carbocycles. The van der Waals surface area contributed by atoms with Gasteiger partial charge in [0.1, 0.15) is 0 Å². The number of carbonyl (C=O) groups excluding carboxylic acids is 1. The number of amides is 1. The summed E-state index contributed by atoms with van der Waals surface area (Å²) < 4.78 is 64.9. The number of nitrogens with one attached hydrogen (secondary N) is 1. The first-order valence-corrected chi connectivity index (χ1v) is 4.32. The first kappa shape index (κ1) is 15.1. The molecule has 0 aliphatic carbocycles. The van der Waals surface area contributed by atoms with E-state index in [4.69, 9.17) is 0 Å². The van der Waals surface area contributed by atoms with Crippen LogP contribution in [0.25, 0.3) is 0 Å². The van der Waals surface area contributed by atoms with Crippen molar-refractivity contribution in [3.05, 3.63) is 0 Å². The van der Waals surface area contributed by atoms with Crippen molar-refractivity contribution in [2.24, 2.45) is 0 Å². The summed E-state index contributed by atoms with van der Waals surface area (Å²) in [5.74, 6) is -7.77. The summed E-state index contributed by atoms with van der Waals surface area (Å²) >= 11 is 0. The number of halogens is 5. The lowest BCUT2D eigenvalue weighted by atomic mass is 10.2. The second-order valence-corrected chi connectivity index (χ2v) is 3.28. The zero-order valence-corrected chi connectivity index (χ0v) is 8.86. The molecular weight excluding hydrogens is 237 g/mol. The van der Waals surface area contributed by atoms with E-state index in [2.05, 4.69) is 4.74 Å². The van der Waals surface area contributed by atoms with Crippen molar-refractivity contribution in [2.45, 2.75) is 38.1 Å². The van der Waals surface area contributed by atoms with Crippen LogP contribution >= 0.6 is 0 Å². The van der Waals surface area contributed by atoms with Crippen molar-refractivity contribution in [3.8, 4) is 0 Å². The molecule has 8 heteroatoms. The third-order valence-electron chi connectivity index (χ3n) is 2.08. The maximum Gasteiger partial charge on any atom is 0.463 e. The Hall–Kier alpha value is -0.920. The van der Waals surface area contributed by atoms with E-state index >= 15 is 0 Å². The highest BCUT2D eigenvalue weighted by atomic mass is 19.4. The lowest BCUT2D eigenvalue weighted by Crippen LogP contribution is -2.54. The molecule has 0 heterocycles. The maximum absolute atomic E-state index is 12.5. The third kappa shape index (κ3) is 3.29. The van der Waals surface area contributed by atoms with Crippen LogP contribution in [0, 0.1) is 0 Å². The molecule has 0 saturated carbocycles. The SMILES string of the molecule is COC(C)C(C)NC(=O)C(F)(F)C(F)(F)F. The predicted octanol–water partition coefficient (Wildman–Crippen LogP) is 1.72. The van der Waals surface area contributed by atoms with E-state index in [1.54, 1.807) is 5.32 Å². The van der Waals surface area contributed by atoms with Gasteiger partial charge < -0.3 is 10.1 Å². The van der Waals surface area contributed by atoms with Gasteiger partial charge in [-0.1, -0.05) is 0 Å². The van der Waals surface area contributed by atoms with Crippen molar-refractivity contribution >= 4 is 5.91 Å². The van der Waals surface area contributed by atoms with Gasteiger partial charge in [0.25, 0.3) is 0 Å². The third-order valence-corrected chi connectivity index (χ3v) is 2.08.